The number of hydrogen-bond donors (Lipinski definition) is 3. The molecular formula is C26H26FN3O. The van der Waals surface area contributed by atoms with Crippen LogP contribution in [0.4, 0.5) is 10.1 Å². The molecule has 5 rings (SSSR count). The quantitative estimate of drug-likeness (QED) is 0.502. The fourth-order valence-electron chi connectivity index (χ4n) is 5.09. The fraction of sp³-hybridized carbons (Fsp3) is 0.269. The minimum absolute atomic E-state index is 0.131. The second-order valence-corrected chi connectivity index (χ2v) is 8.48. The third-order valence-corrected chi connectivity index (χ3v) is 6.53. The zero-order valence-corrected chi connectivity index (χ0v) is 17.8. The van der Waals surface area contributed by atoms with Gasteiger partial charge in [0, 0.05) is 22.6 Å². The highest BCUT2D eigenvalue weighted by Gasteiger charge is 2.29. The average Bonchev–Trinajstić information content (AvgIpc) is 3.24. The Morgan fingerprint density at radius 1 is 1.06 bits per heavy atom. The smallest absolute Gasteiger partial charge is 0.256 e. The van der Waals surface area contributed by atoms with Gasteiger partial charge in [0.25, 0.3) is 5.91 Å². The number of hydrogen-bond acceptors (Lipinski definition) is 2. The number of anilines is 1. The molecule has 158 valence electrons. The fourth-order valence-corrected chi connectivity index (χ4v) is 5.09. The number of fused-ring (bicyclic) bond motifs is 1. The van der Waals surface area contributed by atoms with E-state index in [9.17, 15) is 9.18 Å². The van der Waals surface area contributed by atoms with E-state index in [-0.39, 0.29) is 11.7 Å². The van der Waals surface area contributed by atoms with Gasteiger partial charge in [0.2, 0.25) is 0 Å². The molecule has 0 spiro atoms. The van der Waals surface area contributed by atoms with Crippen molar-refractivity contribution in [2.24, 2.45) is 0 Å². The molecule has 0 aliphatic carbocycles. The van der Waals surface area contributed by atoms with Gasteiger partial charge in [-0.15, -0.1) is 0 Å². The number of halogens is 1. The van der Waals surface area contributed by atoms with Crippen molar-refractivity contribution in [3.05, 3.63) is 76.4 Å². The van der Waals surface area contributed by atoms with Crippen LogP contribution in [0.3, 0.4) is 0 Å². The van der Waals surface area contributed by atoms with E-state index in [0.29, 0.717) is 11.5 Å². The van der Waals surface area contributed by atoms with Gasteiger partial charge < -0.3 is 15.6 Å². The molecule has 0 bridgehead atoms. The summed E-state index contributed by atoms with van der Waals surface area (Å²) in [6.07, 6.45) is 4.21. The second-order valence-electron chi connectivity index (χ2n) is 8.48. The maximum Gasteiger partial charge on any atom is 0.256 e. The largest absolute Gasteiger partial charge is 0.359 e. The molecule has 1 fully saturated rings. The summed E-state index contributed by atoms with van der Waals surface area (Å²) < 4.78 is 13.9. The molecule has 2 aliphatic heterocycles. The minimum atomic E-state index is -0.291. The zero-order chi connectivity index (χ0) is 21.5. The topological polar surface area (TPSA) is 56.9 Å². The summed E-state index contributed by atoms with van der Waals surface area (Å²) in [5, 5.41) is 6.40. The molecule has 5 heteroatoms. The van der Waals surface area contributed by atoms with E-state index >= 15 is 0 Å². The summed E-state index contributed by atoms with van der Waals surface area (Å²) in [6, 6.07) is 12.2. The van der Waals surface area contributed by atoms with E-state index in [1.807, 2.05) is 30.3 Å². The molecule has 3 aromatic rings. The van der Waals surface area contributed by atoms with Crippen LogP contribution >= 0.6 is 0 Å². The molecule has 0 unspecified atom stereocenters. The zero-order valence-electron chi connectivity index (χ0n) is 17.8. The number of piperidine rings is 1. The molecule has 4 nitrogen and oxygen atoms in total. The number of rotatable bonds is 3. The lowest BCUT2D eigenvalue weighted by molar-refractivity contribution is -0.110. The van der Waals surface area contributed by atoms with Crippen molar-refractivity contribution < 1.29 is 9.18 Å². The lowest BCUT2D eigenvalue weighted by atomic mass is 9.87. The molecule has 0 saturated carbocycles. The lowest BCUT2D eigenvalue weighted by Gasteiger charge is -2.23. The van der Waals surface area contributed by atoms with Gasteiger partial charge in [-0.2, -0.15) is 0 Å². The minimum Gasteiger partial charge on any atom is -0.359 e. The molecular weight excluding hydrogens is 389 g/mol. The van der Waals surface area contributed by atoms with Crippen molar-refractivity contribution in [3.63, 3.8) is 0 Å². The Hall–Kier alpha value is -3.18. The summed E-state index contributed by atoms with van der Waals surface area (Å²) in [6.45, 7) is 6.34. The number of aromatic nitrogens is 1. The van der Waals surface area contributed by atoms with Gasteiger partial charge in [0.1, 0.15) is 5.82 Å². The first-order valence-corrected chi connectivity index (χ1v) is 10.8. The number of aryl methyl sites for hydroxylation is 1. The number of benzene rings is 2. The first-order chi connectivity index (χ1) is 15.0. The lowest BCUT2D eigenvalue weighted by Crippen LogP contribution is -2.27. The highest BCUT2D eigenvalue weighted by molar-refractivity contribution is 6.36. The van der Waals surface area contributed by atoms with E-state index in [1.165, 1.54) is 29.0 Å². The number of carbonyl (C=O) groups is 1. The maximum atomic E-state index is 13.9. The molecule has 31 heavy (non-hydrogen) atoms. The molecule has 3 N–H and O–H groups in total. The Morgan fingerprint density at radius 2 is 1.84 bits per heavy atom. The van der Waals surface area contributed by atoms with Crippen molar-refractivity contribution in [2.45, 2.75) is 32.6 Å². The summed E-state index contributed by atoms with van der Waals surface area (Å²) >= 11 is 0. The number of amides is 1. The van der Waals surface area contributed by atoms with Gasteiger partial charge in [-0.1, -0.05) is 24.3 Å². The van der Waals surface area contributed by atoms with Gasteiger partial charge in [-0.25, -0.2) is 4.39 Å². The SMILES string of the molecule is Cc1[nH]c(C=C2C(=O)Nc3cccc(-c4cccc(F)c4)c32)c(C)c1C1CCNCC1. The Labute approximate surface area is 181 Å². The second kappa shape index (κ2) is 7.82. The van der Waals surface area contributed by atoms with Crippen LogP contribution in [0, 0.1) is 19.7 Å². The Balaban J connectivity index is 1.62. The number of carbonyl (C=O) groups excluding carboxylic acids is 1. The van der Waals surface area contributed by atoms with E-state index in [1.54, 1.807) is 6.07 Å². The number of aromatic amines is 1. The van der Waals surface area contributed by atoms with Crippen LogP contribution in [-0.4, -0.2) is 24.0 Å². The predicted octanol–water partition coefficient (Wildman–Crippen LogP) is 5.40. The highest BCUT2D eigenvalue weighted by Crippen LogP contribution is 2.41. The van der Waals surface area contributed by atoms with Crippen LogP contribution in [-0.2, 0) is 4.79 Å². The first kappa shape index (κ1) is 19.8. The van der Waals surface area contributed by atoms with Gasteiger partial charge in [-0.3, -0.25) is 4.79 Å². The average molecular weight is 416 g/mol. The third-order valence-electron chi connectivity index (χ3n) is 6.53. The summed E-state index contributed by atoms with van der Waals surface area (Å²) in [5.74, 6) is 0.117. The van der Waals surface area contributed by atoms with Crippen molar-refractivity contribution >= 4 is 23.2 Å². The van der Waals surface area contributed by atoms with Gasteiger partial charge in [0.05, 0.1) is 5.57 Å². The molecule has 1 saturated heterocycles. The van der Waals surface area contributed by atoms with Crippen LogP contribution in [0.25, 0.3) is 22.8 Å². The Kier molecular flexibility index (Phi) is 4.98. The summed E-state index contributed by atoms with van der Waals surface area (Å²) in [4.78, 5) is 16.4. The summed E-state index contributed by atoms with van der Waals surface area (Å²) in [5.41, 5.74) is 8.54. The Bertz CT molecular complexity index is 1200. The van der Waals surface area contributed by atoms with Crippen molar-refractivity contribution in [1.82, 2.24) is 10.3 Å². The predicted molar refractivity (Wildman–Crippen MR) is 123 cm³/mol. The van der Waals surface area contributed by atoms with Gasteiger partial charge in [-0.05, 0) is 92.2 Å². The number of nitrogens with one attached hydrogen (secondary N) is 3. The Morgan fingerprint density at radius 3 is 2.61 bits per heavy atom. The molecule has 1 aromatic heterocycles. The van der Waals surface area contributed by atoms with Crippen LogP contribution in [0.1, 0.15) is 46.8 Å². The molecule has 0 radical (unpaired) electrons. The van der Waals surface area contributed by atoms with E-state index in [4.69, 9.17) is 0 Å². The maximum absolute atomic E-state index is 13.9. The van der Waals surface area contributed by atoms with Crippen LogP contribution in [0.2, 0.25) is 0 Å². The molecule has 3 heterocycles. The van der Waals surface area contributed by atoms with Crippen molar-refractivity contribution in [2.75, 3.05) is 18.4 Å². The molecule has 1 amide bonds. The molecule has 2 aliphatic rings. The van der Waals surface area contributed by atoms with Crippen LogP contribution in [0.15, 0.2) is 42.5 Å². The van der Waals surface area contributed by atoms with Gasteiger partial charge in [0.15, 0.2) is 0 Å². The van der Waals surface area contributed by atoms with Gasteiger partial charge >= 0.3 is 0 Å². The summed E-state index contributed by atoms with van der Waals surface area (Å²) in [7, 11) is 0. The number of H-pyrrole nitrogens is 1. The van der Waals surface area contributed by atoms with Crippen LogP contribution < -0.4 is 10.6 Å². The van der Waals surface area contributed by atoms with Crippen molar-refractivity contribution in [1.29, 1.82) is 0 Å². The third kappa shape index (κ3) is 3.49. The highest BCUT2D eigenvalue weighted by atomic mass is 19.1. The van der Waals surface area contributed by atoms with Crippen LogP contribution in [0.5, 0.6) is 0 Å². The van der Waals surface area contributed by atoms with E-state index in [2.05, 4.69) is 29.5 Å². The molecule has 2 aromatic carbocycles. The van der Waals surface area contributed by atoms with E-state index in [0.717, 1.165) is 54.0 Å². The molecule has 0 atom stereocenters. The van der Waals surface area contributed by atoms with E-state index < -0.39 is 0 Å². The monoisotopic (exact) mass is 415 g/mol. The standard InChI is InChI=1S/C26H26FN3O/c1-15-23(29-16(2)24(15)17-9-11-28-12-10-17)14-21-25-20(18-5-3-6-19(27)13-18)7-4-8-22(25)30-26(21)31/h3-8,13-14,17,28-29H,9-12H2,1-2H3,(H,30,31). The normalized spacial score (nSPS) is 17.8. The van der Waals surface area contributed by atoms with Crippen molar-refractivity contribution in [3.8, 4) is 11.1 Å². The first-order valence-electron chi connectivity index (χ1n) is 10.8.